The van der Waals surface area contributed by atoms with Crippen LogP contribution in [0.25, 0.3) is 22.5 Å². The number of carbonyl (C=O) groups is 1. The van der Waals surface area contributed by atoms with E-state index in [4.69, 9.17) is 9.72 Å². The largest absolute Gasteiger partial charge is 0.497 e. The maximum absolute atomic E-state index is 12.7. The van der Waals surface area contributed by atoms with Gasteiger partial charge in [-0.25, -0.2) is 4.98 Å². The highest BCUT2D eigenvalue weighted by Gasteiger charge is 2.20. The molecule has 0 atom stereocenters. The molecule has 0 saturated carbocycles. The van der Waals surface area contributed by atoms with Crippen molar-refractivity contribution in [3.05, 3.63) is 84.2 Å². The second-order valence-electron chi connectivity index (χ2n) is 8.92. The van der Waals surface area contributed by atoms with Crippen LogP contribution in [0.15, 0.2) is 72.8 Å². The summed E-state index contributed by atoms with van der Waals surface area (Å²) in [6.07, 6.45) is 0. The lowest BCUT2D eigenvalue weighted by Crippen LogP contribution is -2.25. The van der Waals surface area contributed by atoms with Gasteiger partial charge in [-0.3, -0.25) is 9.48 Å². The third-order valence-electron chi connectivity index (χ3n) is 5.33. The Bertz CT molecular complexity index is 1270. The van der Waals surface area contributed by atoms with E-state index < -0.39 is 0 Å². The average molecular weight is 441 g/mol. The average Bonchev–Trinajstić information content (AvgIpc) is 3.22. The van der Waals surface area contributed by atoms with Crippen LogP contribution in [0.1, 0.15) is 37.0 Å². The quantitative estimate of drug-likeness (QED) is 0.417. The number of ether oxygens (including phenoxy) is 1. The summed E-state index contributed by atoms with van der Waals surface area (Å²) >= 11 is 0. The molecule has 6 heteroatoms. The molecule has 0 aliphatic heterocycles. The first kappa shape index (κ1) is 22.3. The molecule has 0 bridgehead atoms. The maximum atomic E-state index is 12.7. The molecule has 0 fully saturated rings. The predicted octanol–water partition coefficient (Wildman–Crippen LogP) is 5.94. The zero-order valence-corrected chi connectivity index (χ0v) is 19.6. The van der Waals surface area contributed by atoms with Crippen LogP contribution >= 0.6 is 0 Å². The van der Waals surface area contributed by atoms with Crippen LogP contribution in [0.4, 0.5) is 5.69 Å². The Morgan fingerprint density at radius 3 is 2.00 bits per heavy atom. The van der Waals surface area contributed by atoms with Crippen LogP contribution in [0, 0.1) is 6.92 Å². The van der Waals surface area contributed by atoms with Crippen LogP contribution in [-0.2, 0) is 5.54 Å². The summed E-state index contributed by atoms with van der Waals surface area (Å²) in [7, 11) is 1.65. The van der Waals surface area contributed by atoms with Crippen LogP contribution < -0.4 is 10.1 Å². The predicted molar refractivity (Wildman–Crippen MR) is 132 cm³/mol. The summed E-state index contributed by atoms with van der Waals surface area (Å²) in [5.74, 6) is 0.585. The fraction of sp³-hybridized carbons (Fsp3) is 0.222. The van der Waals surface area contributed by atoms with Gasteiger partial charge in [0.05, 0.1) is 24.0 Å². The number of hydrogen-bond acceptors (Lipinski definition) is 4. The number of anilines is 1. The first-order chi connectivity index (χ1) is 15.7. The van der Waals surface area contributed by atoms with Crippen LogP contribution in [0.2, 0.25) is 0 Å². The second kappa shape index (κ2) is 8.90. The van der Waals surface area contributed by atoms with Gasteiger partial charge in [0.1, 0.15) is 5.75 Å². The molecule has 6 nitrogen and oxygen atoms in total. The Morgan fingerprint density at radius 2 is 1.48 bits per heavy atom. The number of nitrogens with one attached hydrogen (secondary N) is 1. The molecular weight excluding hydrogens is 412 g/mol. The number of nitrogens with zero attached hydrogens (tertiary/aromatic N) is 3. The number of aryl methyl sites for hydroxylation is 1. The second-order valence-corrected chi connectivity index (χ2v) is 8.92. The van der Waals surface area contributed by atoms with Gasteiger partial charge < -0.3 is 10.1 Å². The van der Waals surface area contributed by atoms with E-state index in [9.17, 15) is 4.79 Å². The minimum atomic E-state index is -0.228. The molecule has 1 N–H and O–H groups in total. The molecule has 0 aliphatic carbocycles. The molecule has 2 heterocycles. The third-order valence-corrected chi connectivity index (χ3v) is 5.33. The highest BCUT2D eigenvalue weighted by molar-refractivity contribution is 6.03. The Kier molecular flexibility index (Phi) is 6.01. The summed E-state index contributed by atoms with van der Waals surface area (Å²) in [6, 6.07) is 23.3. The molecule has 1 amide bonds. The lowest BCUT2D eigenvalue weighted by molar-refractivity contribution is 0.102. The lowest BCUT2D eigenvalue weighted by atomic mass is 10.1. The molecule has 4 rings (SSSR count). The lowest BCUT2D eigenvalue weighted by Gasteiger charge is -2.21. The summed E-state index contributed by atoms with van der Waals surface area (Å²) in [6.45, 7) is 8.14. The number of benzene rings is 2. The van der Waals surface area contributed by atoms with Crippen molar-refractivity contribution in [2.24, 2.45) is 0 Å². The van der Waals surface area contributed by atoms with Crippen molar-refractivity contribution in [1.82, 2.24) is 14.8 Å². The fourth-order valence-corrected chi connectivity index (χ4v) is 3.70. The molecule has 0 unspecified atom stereocenters. The molecule has 0 spiro atoms. The Balaban J connectivity index is 1.50. The van der Waals surface area contributed by atoms with Gasteiger partial charge in [-0.1, -0.05) is 18.2 Å². The summed E-state index contributed by atoms with van der Waals surface area (Å²) in [4.78, 5) is 17.5. The van der Waals surface area contributed by atoms with Gasteiger partial charge in [0, 0.05) is 22.5 Å². The first-order valence-electron chi connectivity index (χ1n) is 10.8. The molecule has 2 aromatic carbocycles. The molecule has 0 aliphatic rings. The number of methoxy groups -OCH3 is 1. The van der Waals surface area contributed by atoms with E-state index in [1.807, 2.05) is 84.4 Å². The van der Waals surface area contributed by atoms with Crippen molar-refractivity contribution in [1.29, 1.82) is 0 Å². The van der Waals surface area contributed by atoms with Gasteiger partial charge in [0.25, 0.3) is 5.91 Å². The number of amides is 1. The van der Waals surface area contributed by atoms with Gasteiger partial charge >= 0.3 is 0 Å². The molecular formula is C27H28N4O2. The molecule has 0 saturated heterocycles. The Labute approximate surface area is 194 Å². The molecule has 4 aromatic rings. The van der Waals surface area contributed by atoms with E-state index in [1.54, 1.807) is 7.11 Å². The van der Waals surface area contributed by atoms with Crippen molar-refractivity contribution in [2.45, 2.75) is 33.2 Å². The van der Waals surface area contributed by atoms with E-state index in [-0.39, 0.29) is 11.4 Å². The van der Waals surface area contributed by atoms with Crippen LogP contribution in [0.5, 0.6) is 5.75 Å². The molecule has 0 radical (unpaired) electrons. The zero-order chi connectivity index (χ0) is 23.6. The molecule has 168 valence electrons. The highest BCUT2D eigenvalue weighted by Crippen LogP contribution is 2.25. The number of hydrogen-bond donors (Lipinski definition) is 1. The van der Waals surface area contributed by atoms with Gasteiger partial charge in [-0.15, -0.1) is 0 Å². The smallest absolute Gasteiger partial charge is 0.276 e. The monoisotopic (exact) mass is 440 g/mol. The summed E-state index contributed by atoms with van der Waals surface area (Å²) in [5, 5.41) is 7.41. The van der Waals surface area contributed by atoms with E-state index >= 15 is 0 Å². The van der Waals surface area contributed by atoms with Crippen molar-refractivity contribution in [3.63, 3.8) is 0 Å². The molecule has 2 aromatic heterocycles. The number of aromatic nitrogens is 3. The highest BCUT2D eigenvalue weighted by atomic mass is 16.5. The standard InChI is InChI=1S/C27H28N4O2/c1-18-17-25(30-31(18)27(2,3)4)26(32)28-21-13-9-19(10-14-21)23-7-6-8-24(29-23)20-11-15-22(33-5)16-12-20/h6-17H,1-5H3,(H,28,32). The third kappa shape index (κ3) is 4.95. The molecule has 33 heavy (non-hydrogen) atoms. The maximum Gasteiger partial charge on any atom is 0.276 e. The topological polar surface area (TPSA) is 69.0 Å². The van der Waals surface area contributed by atoms with E-state index in [0.29, 0.717) is 11.4 Å². The summed E-state index contributed by atoms with van der Waals surface area (Å²) < 4.78 is 7.10. The van der Waals surface area contributed by atoms with E-state index in [0.717, 1.165) is 34.0 Å². The summed E-state index contributed by atoms with van der Waals surface area (Å²) in [5.41, 5.74) is 5.61. The van der Waals surface area contributed by atoms with Crippen LogP contribution in [0.3, 0.4) is 0 Å². The normalized spacial score (nSPS) is 11.3. The van der Waals surface area contributed by atoms with Crippen LogP contribution in [-0.4, -0.2) is 27.8 Å². The van der Waals surface area contributed by atoms with Gasteiger partial charge in [0.2, 0.25) is 0 Å². The Hall–Kier alpha value is -3.93. The van der Waals surface area contributed by atoms with Crippen molar-refractivity contribution >= 4 is 11.6 Å². The number of carbonyl (C=O) groups excluding carboxylic acids is 1. The van der Waals surface area contributed by atoms with Crippen molar-refractivity contribution < 1.29 is 9.53 Å². The van der Waals surface area contributed by atoms with Gasteiger partial charge in [0.15, 0.2) is 5.69 Å². The van der Waals surface area contributed by atoms with E-state index in [2.05, 4.69) is 31.2 Å². The fourth-order valence-electron chi connectivity index (χ4n) is 3.70. The zero-order valence-electron chi connectivity index (χ0n) is 19.6. The number of rotatable bonds is 5. The minimum Gasteiger partial charge on any atom is -0.497 e. The van der Waals surface area contributed by atoms with Gasteiger partial charge in [-0.2, -0.15) is 5.10 Å². The SMILES string of the molecule is COc1ccc(-c2cccc(-c3ccc(NC(=O)c4cc(C)n(C(C)(C)C)n4)cc3)n2)cc1. The van der Waals surface area contributed by atoms with E-state index in [1.165, 1.54) is 0 Å². The first-order valence-corrected chi connectivity index (χ1v) is 10.8. The van der Waals surface area contributed by atoms with Crippen molar-refractivity contribution in [3.8, 4) is 28.3 Å². The van der Waals surface area contributed by atoms with Gasteiger partial charge in [-0.05, 0) is 82.3 Å². The number of pyridine rings is 1. The minimum absolute atomic E-state index is 0.183. The van der Waals surface area contributed by atoms with Crippen molar-refractivity contribution in [2.75, 3.05) is 12.4 Å². The Morgan fingerprint density at radius 1 is 0.909 bits per heavy atom.